The second-order valence-electron chi connectivity index (χ2n) is 25.7. The Bertz CT molecular complexity index is 3260. The highest BCUT2D eigenvalue weighted by Gasteiger charge is 2.51. The third-order valence-electron chi connectivity index (χ3n) is 16.5. The van der Waals surface area contributed by atoms with E-state index in [-0.39, 0.29) is 0 Å². The van der Waals surface area contributed by atoms with Crippen LogP contribution in [0.5, 0.6) is 0 Å². The molecular weight excluding hydrogens is 1640 g/mol. The Morgan fingerprint density at radius 2 is 0.312 bits per heavy atom. The average molecular weight is 1730 g/mol. The Morgan fingerprint density at radius 3 is 0.427 bits per heavy atom. The first-order valence-electron chi connectivity index (χ1n) is 33.1. The van der Waals surface area contributed by atoms with Crippen LogP contribution in [-0.4, -0.2) is 66.0 Å². The van der Waals surface area contributed by atoms with Crippen molar-refractivity contribution in [3.05, 3.63) is 113 Å². The number of aromatic amines is 4. The summed E-state index contributed by atoms with van der Waals surface area (Å²) in [5.41, 5.74) is 8.71. The molecule has 4 aromatic rings. The zero-order valence-electron chi connectivity index (χ0n) is 57.1. The molecule has 0 unspecified atom stereocenters. The molecule has 4 N–H and O–H groups in total. The van der Waals surface area contributed by atoms with Gasteiger partial charge in [-0.3, -0.25) is 0 Å². The van der Waals surface area contributed by atoms with E-state index in [2.05, 4.69) is 413 Å². The number of H-pyrrole nitrogens is 4. The molecule has 0 amide bonds. The molecule has 9 aliphatic heterocycles. The first kappa shape index (κ1) is 77.6. The van der Waals surface area contributed by atoms with E-state index in [4.69, 9.17) is 0 Å². The van der Waals surface area contributed by atoms with E-state index in [1.54, 1.807) is 0 Å². The number of hydrogen-bond acceptors (Lipinski definition) is 24. The molecule has 0 radical (unpaired) electrons. The SMILES string of the molecule is CCCSC1=C(SCCC)SC(=C2Sc3c4[nH]c(c3S2)C(C)(C)c2[nH]c(c3c2SC(=C2SC(SCCC)=C(SCCC)S2)S3)C(C)(C)c2[nH]c(c3c2SC(=C2SC(SCCC)=C(SCCC)S2)S3)C(C)(C)c2[nH]c(c3c2SC(=C2SC(SCCC)=C(SCCC)S2)S3)C4(C)C)S1. The van der Waals surface area contributed by atoms with E-state index in [0.29, 0.717) is 0 Å². The van der Waals surface area contributed by atoms with Gasteiger partial charge in [-0.1, -0.05) is 244 Å². The van der Waals surface area contributed by atoms with Crippen LogP contribution >= 0.6 is 282 Å². The molecule has 0 aliphatic carbocycles. The maximum atomic E-state index is 4.49. The molecule has 0 saturated carbocycles. The minimum atomic E-state index is -0.458. The third kappa shape index (κ3) is 15.3. The lowest BCUT2D eigenvalue weighted by Gasteiger charge is -2.30. The molecule has 4 aromatic heterocycles. The van der Waals surface area contributed by atoms with Gasteiger partial charge in [0.2, 0.25) is 0 Å². The molecule has 9 aliphatic rings. The number of rotatable bonds is 24. The van der Waals surface area contributed by atoms with Gasteiger partial charge in [-0.2, -0.15) is 0 Å². The summed E-state index contributed by atoms with van der Waals surface area (Å²) in [5.74, 6) is 9.20. The molecule has 28 heteroatoms. The predicted molar refractivity (Wildman–Crippen MR) is 477 cm³/mol. The van der Waals surface area contributed by atoms with Crippen LogP contribution in [0, 0.1) is 0 Å². The van der Waals surface area contributed by atoms with Crippen LogP contribution < -0.4 is 0 Å². The summed E-state index contributed by atoms with van der Waals surface area (Å²) in [6, 6.07) is 0. The topological polar surface area (TPSA) is 63.2 Å². The Balaban J connectivity index is 1.02. The first-order valence-corrected chi connectivity index (χ1v) is 54.1. The smallest absolute Gasteiger partial charge is 0.0717 e. The van der Waals surface area contributed by atoms with Crippen LogP contribution in [0.2, 0.25) is 0 Å². The lowest BCUT2D eigenvalue weighted by atomic mass is 9.85. The fraction of sp³-hybridized carbons (Fsp3) is 0.529. The number of aromatic nitrogens is 4. The summed E-state index contributed by atoms with van der Waals surface area (Å²) in [7, 11) is 0. The van der Waals surface area contributed by atoms with Gasteiger partial charge in [-0.25, -0.2) is 0 Å². The van der Waals surface area contributed by atoms with Crippen LogP contribution in [0.15, 0.2) is 107 Å². The van der Waals surface area contributed by atoms with Gasteiger partial charge < -0.3 is 19.9 Å². The summed E-state index contributed by atoms with van der Waals surface area (Å²) >= 11 is 49.4. The summed E-state index contributed by atoms with van der Waals surface area (Å²) in [5, 5.41) is 0. The molecule has 8 bridgehead atoms. The third-order valence-corrected chi connectivity index (χ3v) is 52.9. The number of hydrogen-bond donors (Lipinski definition) is 4. The van der Waals surface area contributed by atoms with Crippen molar-refractivity contribution in [2.24, 2.45) is 0 Å². The maximum absolute atomic E-state index is 4.49. The minimum absolute atomic E-state index is 0.458. The quantitative estimate of drug-likeness (QED) is 0.0538. The lowest BCUT2D eigenvalue weighted by Crippen LogP contribution is -2.27. The molecule has 520 valence electrons. The molecule has 0 aromatic carbocycles. The van der Waals surface area contributed by atoms with Gasteiger partial charge in [-0.05, 0) is 153 Å². The van der Waals surface area contributed by atoms with Crippen molar-refractivity contribution in [2.45, 2.75) is 223 Å². The van der Waals surface area contributed by atoms with Crippen molar-refractivity contribution in [3.63, 3.8) is 0 Å². The Hall–Kier alpha value is 3.44. The molecule has 0 atom stereocenters. The fourth-order valence-corrected chi connectivity index (χ4v) is 47.5. The van der Waals surface area contributed by atoms with E-state index < -0.39 is 21.7 Å². The van der Waals surface area contributed by atoms with E-state index >= 15 is 0 Å². The van der Waals surface area contributed by atoms with Crippen molar-refractivity contribution in [2.75, 3.05) is 46.0 Å². The molecule has 4 nitrogen and oxygen atoms in total. The maximum Gasteiger partial charge on any atom is 0.0717 e. The predicted octanol–water partition coefficient (Wildman–Crippen LogP) is 31.5. The van der Waals surface area contributed by atoms with Crippen molar-refractivity contribution in [1.82, 2.24) is 19.9 Å². The van der Waals surface area contributed by atoms with Crippen LogP contribution in [0.25, 0.3) is 0 Å². The van der Waals surface area contributed by atoms with Gasteiger partial charge in [0, 0.05) is 106 Å². The Morgan fingerprint density at radius 1 is 0.198 bits per heavy atom. The molecule has 96 heavy (non-hydrogen) atoms. The van der Waals surface area contributed by atoms with Gasteiger partial charge in [0.25, 0.3) is 0 Å². The number of fused-ring (bicyclic) bond motifs is 20. The second-order valence-corrected chi connectivity index (χ2v) is 55.0. The molecule has 13 heterocycles. The summed E-state index contributed by atoms with van der Waals surface area (Å²) in [4.78, 5) is 29.2. The molecule has 0 saturated heterocycles. The Labute approximate surface area is 675 Å². The van der Waals surface area contributed by atoms with Crippen molar-refractivity contribution < 1.29 is 0 Å². The van der Waals surface area contributed by atoms with E-state index in [1.807, 2.05) is 0 Å². The van der Waals surface area contributed by atoms with Crippen LogP contribution in [0.3, 0.4) is 0 Å². The highest BCUT2D eigenvalue weighted by Crippen LogP contribution is 2.74. The molecular formula is C68H84N4S24. The number of nitrogens with one attached hydrogen (secondary N) is 4. The Kier molecular flexibility index (Phi) is 26.9. The molecule has 0 spiro atoms. The van der Waals surface area contributed by atoms with Crippen LogP contribution in [0.1, 0.15) is 208 Å². The zero-order chi connectivity index (χ0) is 67.6. The van der Waals surface area contributed by atoms with Gasteiger partial charge in [0.1, 0.15) is 0 Å². The minimum Gasteiger partial charge on any atom is -0.359 e. The van der Waals surface area contributed by atoms with Crippen LogP contribution in [0.4, 0.5) is 0 Å². The van der Waals surface area contributed by atoms with Gasteiger partial charge in [0.15, 0.2) is 0 Å². The van der Waals surface area contributed by atoms with Crippen molar-refractivity contribution in [3.8, 4) is 0 Å². The summed E-state index contributed by atoms with van der Waals surface area (Å²) in [6.07, 6.45) is 9.41. The van der Waals surface area contributed by atoms with Crippen molar-refractivity contribution in [1.29, 1.82) is 0 Å². The molecule has 13 rings (SSSR count). The van der Waals surface area contributed by atoms with E-state index in [1.165, 1.54) is 204 Å². The lowest BCUT2D eigenvalue weighted by molar-refractivity contribution is 0.533. The normalized spacial score (nSPS) is 20.8. The summed E-state index contributed by atoms with van der Waals surface area (Å²) < 4.78 is 23.6. The molecule has 0 fully saturated rings. The fourth-order valence-electron chi connectivity index (χ4n) is 11.5. The van der Waals surface area contributed by atoms with Gasteiger partial charge in [0.05, 0.1) is 67.8 Å². The van der Waals surface area contributed by atoms with Gasteiger partial charge in [-0.15, -0.1) is 94.1 Å². The highest BCUT2D eigenvalue weighted by molar-refractivity contribution is 8.45. The van der Waals surface area contributed by atoms with E-state index in [0.717, 1.165) is 46.0 Å². The largest absolute Gasteiger partial charge is 0.359 e. The average Bonchev–Trinajstić information content (AvgIpc) is 1.53. The second kappa shape index (κ2) is 33.3. The first-order chi connectivity index (χ1) is 46.2. The summed E-state index contributed by atoms with van der Waals surface area (Å²) in [6.45, 7) is 38.9. The van der Waals surface area contributed by atoms with Crippen molar-refractivity contribution >= 4 is 282 Å². The zero-order valence-corrected chi connectivity index (χ0v) is 76.7. The number of thioether (sulfide) groups is 24. The van der Waals surface area contributed by atoms with Crippen LogP contribution in [-0.2, 0) is 21.7 Å². The van der Waals surface area contributed by atoms with Gasteiger partial charge >= 0.3 is 0 Å². The standard InChI is InChI=1S/C68H84N4S24/c1-17-25-73-49-50(74-26-18-2)90-61(89-49)57-81-33-34(82-57)42-66(11,12)44-36-38(86-59(84-36)63-93-53(77-29-21-5)54(94-63)78-30-22-6)46(71-44)68(15,16)48-40-39(87-60(88-40)64-95-55(79-31-23-7)56(96-64)80-32-24-8)47(72-48)67(13,14)45-37-35(43(70-45)65(9,10)41(33)69-42)83-58(85-37)62-91-51(75-27-19-3)52(92-62)76-28-20-4/h69-72H,17-32H2,1-16H3. The highest BCUT2D eigenvalue weighted by atomic mass is 32.3. The monoisotopic (exact) mass is 1720 g/mol. The van der Waals surface area contributed by atoms with E-state index in [9.17, 15) is 0 Å².